The van der Waals surface area contributed by atoms with Crippen molar-refractivity contribution in [2.45, 2.75) is 19.8 Å². The topological polar surface area (TPSA) is 33.2 Å². The number of likely N-dealkylation sites (tertiary alicyclic amines) is 1. The Morgan fingerprint density at radius 1 is 1.21 bits per heavy atom. The van der Waals surface area contributed by atoms with E-state index in [4.69, 9.17) is 0 Å². The second-order valence-electron chi connectivity index (χ2n) is 4.94. The second-order valence-corrected chi connectivity index (χ2v) is 5.75. The Bertz CT molecular complexity index is 582. The van der Waals surface area contributed by atoms with Crippen molar-refractivity contribution < 1.29 is 4.79 Å². The molecule has 1 aliphatic rings. The Hall–Kier alpha value is -1.68. The van der Waals surface area contributed by atoms with Crippen LogP contribution in [-0.2, 0) is 0 Å². The Labute approximate surface area is 117 Å². The zero-order chi connectivity index (χ0) is 13.2. The lowest BCUT2D eigenvalue weighted by Gasteiger charge is -2.12. The Balaban J connectivity index is 1.82. The summed E-state index contributed by atoms with van der Waals surface area (Å²) in [5.74, 6) is 0.133. The van der Waals surface area contributed by atoms with Gasteiger partial charge < -0.3 is 4.90 Å². The third kappa shape index (κ3) is 2.54. The number of hydrogen-bond acceptors (Lipinski definition) is 3. The van der Waals surface area contributed by atoms with Crippen LogP contribution in [0.25, 0.3) is 11.3 Å². The Kier molecular flexibility index (Phi) is 3.34. The van der Waals surface area contributed by atoms with E-state index in [2.05, 4.69) is 35.6 Å². The summed E-state index contributed by atoms with van der Waals surface area (Å²) in [7, 11) is 0. The van der Waals surface area contributed by atoms with Gasteiger partial charge in [0.15, 0.2) is 0 Å². The van der Waals surface area contributed by atoms with Gasteiger partial charge >= 0.3 is 0 Å². The van der Waals surface area contributed by atoms with Gasteiger partial charge in [-0.15, -0.1) is 0 Å². The summed E-state index contributed by atoms with van der Waals surface area (Å²) in [5.41, 5.74) is 3.20. The van der Waals surface area contributed by atoms with E-state index in [1.165, 1.54) is 17.1 Å². The van der Waals surface area contributed by atoms with Crippen molar-refractivity contribution in [3.63, 3.8) is 0 Å². The number of carbonyl (C=O) groups is 1. The number of hydrogen-bond donors (Lipinski definition) is 0. The molecule has 1 saturated heterocycles. The molecule has 3 rings (SSSR count). The highest BCUT2D eigenvalue weighted by atomic mass is 32.1. The zero-order valence-corrected chi connectivity index (χ0v) is 11.7. The third-order valence-corrected chi connectivity index (χ3v) is 4.24. The van der Waals surface area contributed by atoms with E-state index in [9.17, 15) is 4.79 Å². The predicted molar refractivity (Wildman–Crippen MR) is 77.4 cm³/mol. The number of aromatic nitrogens is 1. The average molecular weight is 272 g/mol. The van der Waals surface area contributed by atoms with Gasteiger partial charge in [0.2, 0.25) is 0 Å². The first kappa shape index (κ1) is 12.4. The van der Waals surface area contributed by atoms with Gasteiger partial charge in [-0.3, -0.25) is 4.79 Å². The number of amides is 1. The fourth-order valence-electron chi connectivity index (χ4n) is 2.31. The number of rotatable bonds is 2. The summed E-state index contributed by atoms with van der Waals surface area (Å²) in [6.07, 6.45) is 2.24. The van der Waals surface area contributed by atoms with Crippen LogP contribution in [0.1, 0.15) is 28.1 Å². The van der Waals surface area contributed by atoms with Gasteiger partial charge in [0.25, 0.3) is 5.91 Å². The molecule has 0 bridgehead atoms. The van der Waals surface area contributed by atoms with Crippen LogP contribution < -0.4 is 0 Å². The summed E-state index contributed by atoms with van der Waals surface area (Å²) < 4.78 is 4.40. The molecule has 2 heterocycles. The summed E-state index contributed by atoms with van der Waals surface area (Å²) in [6, 6.07) is 10.1. The van der Waals surface area contributed by atoms with Crippen molar-refractivity contribution >= 4 is 17.4 Å². The van der Waals surface area contributed by atoms with Crippen molar-refractivity contribution in [3.05, 3.63) is 40.8 Å². The largest absolute Gasteiger partial charge is 0.338 e. The predicted octanol–water partition coefficient (Wildman–Crippen LogP) is 3.35. The molecule has 0 radical (unpaired) electrons. The van der Waals surface area contributed by atoms with Gasteiger partial charge in [-0.1, -0.05) is 29.8 Å². The van der Waals surface area contributed by atoms with Gasteiger partial charge in [0, 0.05) is 18.7 Å². The van der Waals surface area contributed by atoms with Crippen molar-refractivity contribution in [3.8, 4) is 11.3 Å². The number of benzene rings is 1. The van der Waals surface area contributed by atoms with Crippen molar-refractivity contribution in [1.82, 2.24) is 9.27 Å². The van der Waals surface area contributed by atoms with Crippen LogP contribution >= 0.6 is 11.5 Å². The lowest BCUT2D eigenvalue weighted by atomic mass is 10.1. The quantitative estimate of drug-likeness (QED) is 0.840. The van der Waals surface area contributed by atoms with Gasteiger partial charge in [-0.05, 0) is 37.4 Å². The van der Waals surface area contributed by atoms with E-state index in [1.807, 2.05) is 11.0 Å². The highest BCUT2D eigenvalue weighted by molar-refractivity contribution is 7.08. The van der Waals surface area contributed by atoms with Crippen molar-refractivity contribution in [2.24, 2.45) is 0 Å². The molecule has 0 aliphatic carbocycles. The maximum absolute atomic E-state index is 12.2. The molecule has 1 aromatic carbocycles. The highest BCUT2D eigenvalue weighted by Crippen LogP contribution is 2.24. The van der Waals surface area contributed by atoms with Crippen LogP contribution in [0, 0.1) is 6.92 Å². The Morgan fingerprint density at radius 3 is 2.58 bits per heavy atom. The molecule has 1 amide bonds. The first-order chi connectivity index (χ1) is 9.24. The molecule has 0 saturated carbocycles. The summed E-state index contributed by atoms with van der Waals surface area (Å²) >= 11 is 1.30. The molecule has 0 N–H and O–H groups in total. The lowest BCUT2D eigenvalue weighted by Crippen LogP contribution is -2.26. The molecule has 98 valence electrons. The maximum Gasteiger partial charge on any atom is 0.265 e. The average Bonchev–Trinajstić information content (AvgIpc) is 3.10. The van der Waals surface area contributed by atoms with E-state index in [-0.39, 0.29) is 5.91 Å². The third-order valence-electron chi connectivity index (χ3n) is 3.46. The molecule has 2 aromatic rings. The molecule has 1 aromatic heterocycles. The molecule has 0 spiro atoms. The van der Waals surface area contributed by atoms with Gasteiger partial charge in [-0.25, -0.2) is 0 Å². The number of carbonyl (C=O) groups excluding carboxylic acids is 1. The van der Waals surface area contributed by atoms with E-state index < -0.39 is 0 Å². The maximum atomic E-state index is 12.2. The normalized spacial score (nSPS) is 14.9. The van der Waals surface area contributed by atoms with E-state index in [0.717, 1.165) is 42.1 Å². The second kappa shape index (κ2) is 5.13. The minimum atomic E-state index is 0.133. The molecular weight excluding hydrogens is 256 g/mol. The minimum absolute atomic E-state index is 0.133. The fraction of sp³-hybridized carbons (Fsp3) is 0.333. The standard InChI is InChI=1S/C15H16N2OS/c1-11-4-6-12(7-5-11)13-10-14(19-16-13)15(18)17-8-2-3-9-17/h4-7,10H,2-3,8-9H2,1H3. The monoisotopic (exact) mass is 272 g/mol. The summed E-state index contributed by atoms with van der Waals surface area (Å²) in [5, 5.41) is 0. The first-order valence-corrected chi connectivity index (χ1v) is 7.34. The molecule has 0 unspecified atom stereocenters. The van der Waals surface area contributed by atoms with Crippen LogP contribution in [0.15, 0.2) is 30.3 Å². The number of aryl methyl sites for hydroxylation is 1. The fourth-order valence-corrected chi connectivity index (χ4v) is 3.04. The lowest BCUT2D eigenvalue weighted by molar-refractivity contribution is 0.0797. The molecule has 1 aliphatic heterocycles. The van der Waals surface area contributed by atoms with Gasteiger partial charge in [0.05, 0.1) is 5.69 Å². The van der Waals surface area contributed by atoms with Gasteiger partial charge in [0.1, 0.15) is 4.88 Å². The van der Waals surface area contributed by atoms with Crippen molar-refractivity contribution in [2.75, 3.05) is 13.1 Å². The van der Waals surface area contributed by atoms with Gasteiger partial charge in [-0.2, -0.15) is 4.37 Å². The van der Waals surface area contributed by atoms with Crippen molar-refractivity contribution in [1.29, 1.82) is 0 Å². The van der Waals surface area contributed by atoms with Crippen LogP contribution in [0.4, 0.5) is 0 Å². The first-order valence-electron chi connectivity index (χ1n) is 6.57. The van der Waals surface area contributed by atoms with Crippen LogP contribution in [-0.4, -0.2) is 28.3 Å². The van der Waals surface area contributed by atoms with Crippen LogP contribution in [0.5, 0.6) is 0 Å². The van der Waals surface area contributed by atoms with E-state index >= 15 is 0 Å². The molecular formula is C15H16N2OS. The summed E-state index contributed by atoms with van der Waals surface area (Å²) in [4.78, 5) is 14.9. The molecule has 3 nitrogen and oxygen atoms in total. The smallest absolute Gasteiger partial charge is 0.265 e. The van der Waals surface area contributed by atoms with Crippen LogP contribution in [0.2, 0.25) is 0 Å². The molecule has 19 heavy (non-hydrogen) atoms. The zero-order valence-electron chi connectivity index (χ0n) is 10.9. The Morgan fingerprint density at radius 2 is 1.89 bits per heavy atom. The summed E-state index contributed by atoms with van der Waals surface area (Å²) in [6.45, 7) is 3.83. The molecule has 4 heteroatoms. The molecule has 0 atom stereocenters. The minimum Gasteiger partial charge on any atom is -0.338 e. The molecule has 1 fully saturated rings. The SMILES string of the molecule is Cc1ccc(-c2cc(C(=O)N3CCCC3)sn2)cc1. The number of nitrogens with zero attached hydrogens (tertiary/aromatic N) is 2. The van der Waals surface area contributed by atoms with E-state index in [1.54, 1.807) is 0 Å². The highest BCUT2D eigenvalue weighted by Gasteiger charge is 2.21. The van der Waals surface area contributed by atoms with E-state index in [0.29, 0.717) is 0 Å². The van der Waals surface area contributed by atoms with Crippen LogP contribution in [0.3, 0.4) is 0 Å².